The third kappa shape index (κ3) is 6.25. The Hall–Kier alpha value is -1.24. The molecule has 0 saturated heterocycles. The van der Waals surface area contributed by atoms with Crippen molar-refractivity contribution in [3.8, 4) is 0 Å². The van der Waals surface area contributed by atoms with Crippen molar-refractivity contribution in [3.63, 3.8) is 0 Å². The van der Waals surface area contributed by atoms with Gasteiger partial charge in [0.15, 0.2) is 0 Å². The minimum absolute atomic E-state index is 0.110. The summed E-state index contributed by atoms with van der Waals surface area (Å²) < 4.78 is -1.82. The van der Waals surface area contributed by atoms with Crippen molar-refractivity contribution in [2.45, 2.75) is 30.2 Å². The Bertz CT molecular complexity index is 547. The number of nitro groups is 1. The lowest BCUT2D eigenvalue weighted by atomic mass is 10.1. The number of nitrogens with zero attached hydrogens (tertiary/aromatic N) is 1. The van der Waals surface area contributed by atoms with E-state index in [9.17, 15) is 14.9 Å². The van der Waals surface area contributed by atoms with E-state index < -0.39 is 14.9 Å². The molecule has 0 fully saturated rings. The van der Waals surface area contributed by atoms with Gasteiger partial charge in [0.25, 0.3) is 5.69 Å². The van der Waals surface area contributed by atoms with Crippen molar-refractivity contribution in [1.82, 2.24) is 5.32 Å². The number of rotatable bonds is 6. The van der Waals surface area contributed by atoms with Crippen molar-refractivity contribution in [2.24, 2.45) is 5.92 Å². The molecule has 1 aromatic carbocycles. The standard InChI is InChI=1S/C13H16Cl3N3O3/c1-8(2)6-11(20)18-12(13(14,15)16)17-9-4-3-5-10(7-9)19(21)22/h3-5,7-8,12,17H,6H2,1-2H3,(H,18,20)/t12-/m0/s1. The van der Waals surface area contributed by atoms with Gasteiger partial charge in [0.05, 0.1) is 4.92 Å². The van der Waals surface area contributed by atoms with Crippen LogP contribution in [0.25, 0.3) is 0 Å². The van der Waals surface area contributed by atoms with E-state index >= 15 is 0 Å². The molecule has 1 atom stereocenters. The summed E-state index contributed by atoms with van der Waals surface area (Å²) in [5, 5.41) is 16.1. The maximum atomic E-state index is 11.8. The number of non-ortho nitro benzene ring substituents is 1. The van der Waals surface area contributed by atoms with E-state index in [1.54, 1.807) is 6.07 Å². The zero-order valence-electron chi connectivity index (χ0n) is 12.0. The number of carbonyl (C=O) groups excluding carboxylic acids is 1. The van der Waals surface area contributed by atoms with Crippen LogP contribution in [0.15, 0.2) is 24.3 Å². The summed E-state index contributed by atoms with van der Waals surface area (Å²) in [6.45, 7) is 3.77. The van der Waals surface area contributed by atoms with Gasteiger partial charge in [-0.25, -0.2) is 0 Å². The number of nitrogens with one attached hydrogen (secondary N) is 2. The molecule has 0 aliphatic carbocycles. The van der Waals surface area contributed by atoms with Gasteiger partial charge in [0.1, 0.15) is 6.17 Å². The van der Waals surface area contributed by atoms with Gasteiger partial charge < -0.3 is 10.6 Å². The van der Waals surface area contributed by atoms with Crippen LogP contribution in [0.5, 0.6) is 0 Å². The summed E-state index contributed by atoms with van der Waals surface area (Å²) in [7, 11) is 0. The fourth-order valence-corrected chi connectivity index (χ4v) is 1.99. The number of hydrogen-bond donors (Lipinski definition) is 2. The number of benzene rings is 1. The SMILES string of the molecule is CC(C)CC(=O)N[C@H](Nc1cccc([N+](=O)[O-])c1)C(Cl)(Cl)Cl. The van der Waals surface area contributed by atoms with Crippen LogP contribution in [0.3, 0.4) is 0 Å². The smallest absolute Gasteiger partial charge is 0.271 e. The molecular formula is C13H16Cl3N3O3. The van der Waals surface area contributed by atoms with E-state index in [0.717, 1.165) is 0 Å². The maximum absolute atomic E-state index is 11.8. The third-order valence-corrected chi connectivity index (χ3v) is 3.25. The Balaban J connectivity index is 2.88. The minimum Gasteiger partial charge on any atom is -0.362 e. The van der Waals surface area contributed by atoms with E-state index in [2.05, 4.69) is 10.6 Å². The molecular weight excluding hydrogens is 353 g/mol. The molecule has 0 aromatic heterocycles. The van der Waals surface area contributed by atoms with Crippen LogP contribution in [0.4, 0.5) is 11.4 Å². The molecule has 0 saturated carbocycles. The van der Waals surface area contributed by atoms with Crippen molar-refractivity contribution >= 4 is 52.1 Å². The molecule has 0 unspecified atom stereocenters. The van der Waals surface area contributed by atoms with Gasteiger partial charge in [0, 0.05) is 24.2 Å². The molecule has 1 amide bonds. The molecule has 2 N–H and O–H groups in total. The van der Waals surface area contributed by atoms with Crippen molar-refractivity contribution < 1.29 is 9.72 Å². The minimum atomic E-state index is -1.82. The molecule has 0 bridgehead atoms. The number of carbonyl (C=O) groups is 1. The van der Waals surface area contributed by atoms with Crippen LogP contribution in [-0.2, 0) is 4.79 Å². The number of anilines is 1. The third-order valence-electron chi connectivity index (χ3n) is 2.59. The zero-order valence-corrected chi connectivity index (χ0v) is 14.2. The lowest BCUT2D eigenvalue weighted by molar-refractivity contribution is -0.384. The largest absolute Gasteiger partial charge is 0.362 e. The van der Waals surface area contributed by atoms with Gasteiger partial charge >= 0.3 is 0 Å². The lowest BCUT2D eigenvalue weighted by Gasteiger charge is -2.27. The van der Waals surface area contributed by atoms with Crippen LogP contribution < -0.4 is 10.6 Å². The lowest BCUT2D eigenvalue weighted by Crippen LogP contribution is -2.49. The number of halogens is 3. The van der Waals surface area contributed by atoms with Crippen LogP contribution >= 0.6 is 34.8 Å². The van der Waals surface area contributed by atoms with Gasteiger partial charge in [-0.1, -0.05) is 54.7 Å². The van der Waals surface area contributed by atoms with Gasteiger partial charge in [0.2, 0.25) is 9.70 Å². The summed E-state index contributed by atoms with van der Waals surface area (Å²) in [5.41, 5.74) is 0.247. The molecule has 0 radical (unpaired) electrons. The zero-order chi connectivity index (χ0) is 16.9. The van der Waals surface area contributed by atoms with E-state index in [1.807, 2.05) is 13.8 Å². The first-order valence-corrected chi connectivity index (χ1v) is 7.60. The van der Waals surface area contributed by atoms with Crippen LogP contribution in [-0.4, -0.2) is 20.8 Å². The highest BCUT2D eigenvalue weighted by Gasteiger charge is 2.34. The fraction of sp³-hybridized carbons (Fsp3) is 0.462. The number of hydrogen-bond acceptors (Lipinski definition) is 4. The summed E-state index contributed by atoms with van der Waals surface area (Å²) in [6.07, 6.45) is -0.751. The molecule has 1 aromatic rings. The monoisotopic (exact) mass is 367 g/mol. The molecule has 0 aliphatic rings. The molecule has 122 valence electrons. The Labute approximate surface area is 143 Å². The van der Waals surface area contributed by atoms with E-state index in [4.69, 9.17) is 34.8 Å². The van der Waals surface area contributed by atoms with E-state index in [0.29, 0.717) is 5.69 Å². The van der Waals surface area contributed by atoms with Crippen LogP contribution in [0, 0.1) is 16.0 Å². The molecule has 22 heavy (non-hydrogen) atoms. The van der Waals surface area contributed by atoms with Crippen molar-refractivity contribution in [3.05, 3.63) is 34.4 Å². The summed E-state index contributed by atoms with van der Waals surface area (Å²) >= 11 is 17.6. The second-order valence-electron chi connectivity index (χ2n) is 5.09. The quantitative estimate of drug-likeness (QED) is 0.345. The summed E-state index contributed by atoms with van der Waals surface area (Å²) in [5.74, 6) is -0.141. The number of nitro benzene ring substituents is 1. The van der Waals surface area contributed by atoms with Gasteiger partial charge in [-0.05, 0) is 12.0 Å². The Kier molecular flexibility index (Phi) is 6.71. The van der Waals surface area contributed by atoms with Gasteiger partial charge in [-0.3, -0.25) is 14.9 Å². The topological polar surface area (TPSA) is 84.3 Å². The summed E-state index contributed by atoms with van der Waals surface area (Å²) in [4.78, 5) is 22.1. The number of alkyl halides is 3. The Morgan fingerprint density at radius 2 is 2.00 bits per heavy atom. The van der Waals surface area contributed by atoms with Crippen LogP contribution in [0.2, 0.25) is 0 Å². The fourth-order valence-electron chi connectivity index (χ4n) is 1.67. The Morgan fingerprint density at radius 1 is 1.36 bits per heavy atom. The molecule has 1 rings (SSSR count). The molecule has 0 aliphatic heterocycles. The van der Waals surface area contributed by atoms with E-state index in [-0.39, 0.29) is 23.9 Å². The normalized spacial score (nSPS) is 12.8. The first-order chi connectivity index (χ1) is 10.1. The molecule has 0 spiro atoms. The van der Waals surface area contributed by atoms with Crippen molar-refractivity contribution in [1.29, 1.82) is 0 Å². The number of amides is 1. The average Bonchev–Trinajstić information content (AvgIpc) is 2.36. The molecule has 9 heteroatoms. The first kappa shape index (κ1) is 18.8. The average molecular weight is 369 g/mol. The first-order valence-electron chi connectivity index (χ1n) is 6.46. The Morgan fingerprint density at radius 3 is 2.50 bits per heavy atom. The van der Waals surface area contributed by atoms with Gasteiger partial charge in [-0.2, -0.15) is 0 Å². The van der Waals surface area contributed by atoms with E-state index in [1.165, 1.54) is 18.2 Å². The molecule has 0 heterocycles. The van der Waals surface area contributed by atoms with Crippen molar-refractivity contribution in [2.75, 3.05) is 5.32 Å². The highest BCUT2D eigenvalue weighted by molar-refractivity contribution is 6.68. The molecule has 6 nitrogen and oxygen atoms in total. The highest BCUT2D eigenvalue weighted by Crippen LogP contribution is 2.31. The van der Waals surface area contributed by atoms with Gasteiger partial charge in [-0.15, -0.1) is 0 Å². The second kappa shape index (κ2) is 7.85. The summed E-state index contributed by atoms with van der Waals surface area (Å²) in [6, 6.07) is 5.70. The highest BCUT2D eigenvalue weighted by atomic mass is 35.6. The van der Waals surface area contributed by atoms with Crippen LogP contribution in [0.1, 0.15) is 20.3 Å². The maximum Gasteiger partial charge on any atom is 0.271 e. The predicted molar refractivity (Wildman–Crippen MR) is 88.4 cm³/mol. The predicted octanol–water partition coefficient (Wildman–Crippen LogP) is 3.87. The second-order valence-corrected chi connectivity index (χ2v) is 7.46.